The molecule has 62 valence electrons. The van der Waals surface area contributed by atoms with Crippen LogP contribution in [0.5, 0.6) is 0 Å². The van der Waals surface area contributed by atoms with Crippen molar-refractivity contribution in [2.24, 2.45) is 0 Å². The number of hydrogen-bond donors (Lipinski definition) is 0. The van der Waals surface area contributed by atoms with E-state index in [2.05, 4.69) is 0 Å². The molecule has 3 heteroatoms. The predicted molar refractivity (Wildman–Crippen MR) is 41.6 cm³/mol. The molecule has 0 saturated carbocycles. The Morgan fingerprint density at radius 2 is 1.92 bits per heavy atom. The lowest BCUT2D eigenvalue weighted by Gasteiger charge is -1.94. The summed E-state index contributed by atoms with van der Waals surface area (Å²) in [5.74, 6) is 0. The smallest absolute Gasteiger partial charge is 0.303 e. The standard InChI is InChI=1S/C9H7FO2/c10-9(12)8-3-1-7(2-4-8)5-6-11/h1-4,6H,5H2. The molecule has 0 bridgehead atoms. The minimum Gasteiger partial charge on any atom is -0.303 e. The van der Waals surface area contributed by atoms with Gasteiger partial charge in [-0.05, 0) is 17.7 Å². The van der Waals surface area contributed by atoms with Crippen LogP contribution in [0.4, 0.5) is 4.39 Å². The Morgan fingerprint density at radius 1 is 1.33 bits per heavy atom. The van der Waals surface area contributed by atoms with Crippen molar-refractivity contribution in [2.75, 3.05) is 0 Å². The molecule has 0 heterocycles. The lowest BCUT2D eigenvalue weighted by molar-refractivity contribution is -0.107. The third-order valence-electron chi connectivity index (χ3n) is 1.50. The van der Waals surface area contributed by atoms with Gasteiger partial charge >= 0.3 is 6.04 Å². The number of aldehydes is 1. The summed E-state index contributed by atoms with van der Waals surface area (Å²) in [6, 6.07) is 4.39. The van der Waals surface area contributed by atoms with E-state index in [4.69, 9.17) is 0 Å². The van der Waals surface area contributed by atoms with Crippen LogP contribution in [0.25, 0.3) is 0 Å². The Hall–Kier alpha value is -1.51. The maximum absolute atomic E-state index is 12.0. The van der Waals surface area contributed by atoms with E-state index in [-0.39, 0.29) is 5.56 Å². The molecule has 0 fully saturated rings. The van der Waals surface area contributed by atoms with Crippen LogP contribution >= 0.6 is 0 Å². The normalized spacial score (nSPS) is 9.42. The Labute approximate surface area is 69.0 Å². The van der Waals surface area contributed by atoms with E-state index < -0.39 is 6.04 Å². The van der Waals surface area contributed by atoms with Crippen molar-refractivity contribution < 1.29 is 14.0 Å². The van der Waals surface area contributed by atoms with Gasteiger partial charge in [0.15, 0.2) is 0 Å². The lowest BCUT2D eigenvalue weighted by Crippen LogP contribution is -1.91. The van der Waals surface area contributed by atoms with Gasteiger partial charge in [0, 0.05) is 6.42 Å². The minimum atomic E-state index is -1.45. The first-order chi connectivity index (χ1) is 5.74. The summed E-state index contributed by atoms with van der Waals surface area (Å²) in [6.07, 6.45) is 1.05. The summed E-state index contributed by atoms with van der Waals surface area (Å²) in [7, 11) is 0. The predicted octanol–water partition coefficient (Wildman–Crippen LogP) is 1.54. The van der Waals surface area contributed by atoms with Gasteiger partial charge in [-0.2, -0.15) is 4.39 Å². The second kappa shape index (κ2) is 3.76. The molecule has 0 saturated heterocycles. The van der Waals surface area contributed by atoms with Gasteiger partial charge in [0.05, 0.1) is 5.56 Å². The summed E-state index contributed by atoms with van der Waals surface area (Å²) < 4.78 is 12.0. The molecule has 0 aliphatic heterocycles. The van der Waals surface area contributed by atoms with Crippen LogP contribution in [0.2, 0.25) is 0 Å². The van der Waals surface area contributed by atoms with Crippen molar-refractivity contribution in [3.63, 3.8) is 0 Å². The molecule has 1 rings (SSSR count). The SMILES string of the molecule is O=CCc1ccc(C(=O)F)cc1. The van der Waals surface area contributed by atoms with Crippen molar-refractivity contribution in [3.05, 3.63) is 35.4 Å². The highest BCUT2D eigenvalue weighted by atomic mass is 19.1. The molecule has 0 N–H and O–H groups in total. The van der Waals surface area contributed by atoms with Gasteiger partial charge in [-0.25, -0.2) is 0 Å². The van der Waals surface area contributed by atoms with Gasteiger partial charge in [0.25, 0.3) is 0 Å². The molecule has 0 amide bonds. The first-order valence-corrected chi connectivity index (χ1v) is 3.46. The fraction of sp³-hybridized carbons (Fsp3) is 0.111. The number of rotatable bonds is 3. The molecule has 0 unspecified atom stereocenters. The van der Waals surface area contributed by atoms with E-state index in [1.807, 2.05) is 0 Å². The molecule has 2 nitrogen and oxygen atoms in total. The highest BCUT2D eigenvalue weighted by Crippen LogP contribution is 2.05. The highest BCUT2D eigenvalue weighted by Gasteiger charge is 2.01. The largest absolute Gasteiger partial charge is 0.332 e. The van der Waals surface area contributed by atoms with Crippen LogP contribution in [0.3, 0.4) is 0 Å². The zero-order chi connectivity index (χ0) is 8.97. The molecule has 0 aromatic heterocycles. The average Bonchev–Trinajstić information content (AvgIpc) is 2.06. The summed E-state index contributed by atoms with van der Waals surface area (Å²) in [5, 5.41) is 0. The molecule has 0 aliphatic rings. The maximum Gasteiger partial charge on any atom is 0.332 e. The number of halogens is 1. The van der Waals surface area contributed by atoms with Gasteiger partial charge in [-0.15, -0.1) is 0 Å². The van der Waals surface area contributed by atoms with E-state index in [9.17, 15) is 14.0 Å². The third kappa shape index (κ3) is 1.99. The highest BCUT2D eigenvalue weighted by molar-refractivity contribution is 5.88. The average molecular weight is 166 g/mol. The van der Waals surface area contributed by atoms with Gasteiger partial charge in [0.1, 0.15) is 6.29 Å². The molecule has 0 atom stereocenters. The number of hydrogen-bond acceptors (Lipinski definition) is 2. The summed E-state index contributed by atoms with van der Waals surface area (Å²) >= 11 is 0. The lowest BCUT2D eigenvalue weighted by atomic mass is 10.1. The van der Waals surface area contributed by atoms with E-state index in [1.54, 1.807) is 12.1 Å². The van der Waals surface area contributed by atoms with Gasteiger partial charge in [-0.1, -0.05) is 12.1 Å². The molecule has 12 heavy (non-hydrogen) atoms. The Balaban J connectivity index is 2.85. The van der Waals surface area contributed by atoms with Crippen LogP contribution in [0.1, 0.15) is 15.9 Å². The van der Waals surface area contributed by atoms with Crippen LogP contribution in [-0.2, 0) is 11.2 Å². The quantitative estimate of drug-likeness (QED) is 0.504. The monoisotopic (exact) mass is 166 g/mol. The van der Waals surface area contributed by atoms with Crippen molar-refractivity contribution >= 4 is 12.3 Å². The number of carbonyl (C=O) groups excluding carboxylic acids is 2. The molecular weight excluding hydrogens is 159 g/mol. The van der Waals surface area contributed by atoms with Crippen molar-refractivity contribution in [1.82, 2.24) is 0 Å². The molecule has 1 aromatic carbocycles. The first kappa shape index (κ1) is 8.59. The Bertz CT molecular complexity index is 290. The van der Waals surface area contributed by atoms with Crippen LogP contribution in [-0.4, -0.2) is 12.3 Å². The molecule has 0 aliphatic carbocycles. The summed E-state index contributed by atoms with van der Waals surface area (Å²) in [5.41, 5.74) is 0.791. The van der Waals surface area contributed by atoms with Crippen LogP contribution in [0, 0.1) is 0 Å². The fourth-order valence-electron chi connectivity index (χ4n) is 0.868. The van der Waals surface area contributed by atoms with Gasteiger partial charge in [0.2, 0.25) is 0 Å². The van der Waals surface area contributed by atoms with E-state index in [0.717, 1.165) is 11.8 Å². The molecule has 0 radical (unpaired) electrons. The minimum absolute atomic E-state index is 0.0182. The number of benzene rings is 1. The third-order valence-corrected chi connectivity index (χ3v) is 1.50. The van der Waals surface area contributed by atoms with E-state index in [0.29, 0.717) is 6.42 Å². The summed E-state index contributed by atoms with van der Waals surface area (Å²) in [6.45, 7) is 0. The molecule has 0 spiro atoms. The summed E-state index contributed by atoms with van der Waals surface area (Å²) in [4.78, 5) is 20.2. The van der Waals surface area contributed by atoms with Gasteiger partial charge < -0.3 is 4.79 Å². The Kier molecular flexibility index (Phi) is 2.69. The van der Waals surface area contributed by atoms with E-state index >= 15 is 0 Å². The Morgan fingerprint density at radius 3 is 2.33 bits per heavy atom. The zero-order valence-electron chi connectivity index (χ0n) is 6.29. The number of carbonyl (C=O) groups is 2. The van der Waals surface area contributed by atoms with Crippen molar-refractivity contribution in [2.45, 2.75) is 6.42 Å². The first-order valence-electron chi connectivity index (χ1n) is 3.46. The van der Waals surface area contributed by atoms with Crippen molar-refractivity contribution in [1.29, 1.82) is 0 Å². The maximum atomic E-state index is 12.0. The molecular formula is C9H7FO2. The topological polar surface area (TPSA) is 34.1 Å². The van der Waals surface area contributed by atoms with E-state index in [1.165, 1.54) is 12.1 Å². The fourth-order valence-corrected chi connectivity index (χ4v) is 0.868. The second-order valence-electron chi connectivity index (χ2n) is 2.34. The zero-order valence-corrected chi connectivity index (χ0v) is 6.29. The van der Waals surface area contributed by atoms with Crippen molar-refractivity contribution in [3.8, 4) is 0 Å². The molecule has 1 aromatic rings. The van der Waals surface area contributed by atoms with Crippen LogP contribution < -0.4 is 0 Å². The van der Waals surface area contributed by atoms with Gasteiger partial charge in [-0.3, -0.25) is 4.79 Å². The second-order valence-corrected chi connectivity index (χ2v) is 2.34. The van der Waals surface area contributed by atoms with Crippen LogP contribution in [0.15, 0.2) is 24.3 Å².